The molecule has 166 valence electrons. The summed E-state index contributed by atoms with van der Waals surface area (Å²) in [5, 5.41) is 3.91. The summed E-state index contributed by atoms with van der Waals surface area (Å²) in [5.41, 5.74) is 1.60. The summed E-state index contributed by atoms with van der Waals surface area (Å²) < 4.78 is 11.5. The van der Waals surface area contributed by atoms with Crippen LogP contribution in [0.1, 0.15) is 32.1 Å². The fourth-order valence-corrected chi connectivity index (χ4v) is 6.32. The van der Waals surface area contributed by atoms with Gasteiger partial charge in [-0.05, 0) is 31.4 Å². The number of anilines is 1. The van der Waals surface area contributed by atoms with Crippen LogP contribution < -0.4 is 15.0 Å². The predicted molar refractivity (Wildman–Crippen MR) is 131 cm³/mol. The minimum absolute atomic E-state index is 0. The monoisotopic (exact) mass is 526 g/mol. The SMILES string of the molecule is CN=C(NC1C2CCOC2C12CCCC2)N1CCN(c2cccc(OC)c2)CC1.I. The normalized spacial score (nSPS) is 29.9. The van der Waals surface area contributed by atoms with Gasteiger partial charge in [0.15, 0.2) is 5.96 Å². The number of aliphatic imine (C=N–C) groups is 1. The van der Waals surface area contributed by atoms with Gasteiger partial charge in [-0.2, -0.15) is 0 Å². The van der Waals surface area contributed by atoms with Crippen molar-refractivity contribution >= 4 is 35.6 Å². The highest BCUT2D eigenvalue weighted by atomic mass is 127. The molecular formula is C23H35IN4O2. The van der Waals surface area contributed by atoms with Crippen LogP contribution in [0.2, 0.25) is 0 Å². The molecule has 4 aliphatic rings. The number of piperazine rings is 1. The Morgan fingerprint density at radius 3 is 2.67 bits per heavy atom. The van der Waals surface area contributed by atoms with Crippen molar-refractivity contribution in [3.05, 3.63) is 24.3 Å². The van der Waals surface area contributed by atoms with Crippen LogP contribution in [-0.4, -0.2) is 69.9 Å². The van der Waals surface area contributed by atoms with E-state index in [9.17, 15) is 0 Å². The molecule has 2 aliphatic carbocycles. The van der Waals surface area contributed by atoms with Crippen molar-refractivity contribution in [1.29, 1.82) is 0 Å². The highest BCUT2D eigenvalue weighted by Gasteiger charge is 2.65. The summed E-state index contributed by atoms with van der Waals surface area (Å²) in [6.45, 7) is 4.91. The molecule has 1 aromatic carbocycles. The third-order valence-electron chi connectivity index (χ3n) is 7.78. The number of nitrogens with zero attached hydrogens (tertiary/aromatic N) is 3. The molecule has 0 radical (unpaired) electrons. The first-order chi connectivity index (χ1) is 14.2. The van der Waals surface area contributed by atoms with Gasteiger partial charge in [-0.25, -0.2) is 0 Å². The number of ether oxygens (including phenoxy) is 2. The van der Waals surface area contributed by atoms with Gasteiger partial charge in [0, 0.05) is 69.0 Å². The Balaban J connectivity index is 0.00000218. The van der Waals surface area contributed by atoms with Crippen LogP contribution in [0.25, 0.3) is 0 Å². The lowest BCUT2D eigenvalue weighted by atomic mass is 9.54. The van der Waals surface area contributed by atoms with Gasteiger partial charge in [-0.3, -0.25) is 4.99 Å². The molecule has 0 amide bonds. The maximum absolute atomic E-state index is 6.15. The predicted octanol–water partition coefficient (Wildman–Crippen LogP) is 3.36. The number of methoxy groups -OCH3 is 1. The van der Waals surface area contributed by atoms with E-state index in [0.717, 1.165) is 44.5 Å². The lowest BCUT2D eigenvalue weighted by Gasteiger charge is -2.57. The quantitative estimate of drug-likeness (QED) is 0.372. The fourth-order valence-electron chi connectivity index (χ4n) is 6.32. The first-order valence-electron chi connectivity index (χ1n) is 11.2. The number of hydrogen-bond acceptors (Lipinski definition) is 4. The number of hydrogen-bond donors (Lipinski definition) is 1. The molecule has 3 unspecified atom stereocenters. The van der Waals surface area contributed by atoms with Gasteiger partial charge < -0.3 is 24.6 Å². The van der Waals surface area contributed by atoms with Crippen LogP contribution >= 0.6 is 24.0 Å². The fraction of sp³-hybridized carbons (Fsp3) is 0.696. The Labute approximate surface area is 197 Å². The Morgan fingerprint density at radius 1 is 1.20 bits per heavy atom. The number of benzene rings is 1. The van der Waals surface area contributed by atoms with E-state index in [0.29, 0.717) is 23.5 Å². The maximum Gasteiger partial charge on any atom is 0.194 e. The lowest BCUT2D eigenvalue weighted by Crippen LogP contribution is -2.70. The van der Waals surface area contributed by atoms with Crippen LogP contribution in [0, 0.1) is 11.3 Å². The van der Waals surface area contributed by atoms with Gasteiger partial charge in [-0.15, -0.1) is 24.0 Å². The van der Waals surface area contributed by atoms with Crippen molar-refractivity contribution in [3.8, 4) is 5.75 Å². The van der Waals surface area contributed by atoms with Crippen LogP contribution in [-0.2, 0) is 4.74 Å². The molecule has 2 heterocycles. The van der Waals surface area contributed by atoms with Crippen LogP contribution in [0.15, 0.2) is 29.3 Å². The molecule has 0 bridgehead atoms. The lowest BCUT2D eigenvalue weighted by molar-refractivity contribution is -0.125. The third kappa shape index (κ3) is 3.66. The van der Waals surface area contributed by atoms with Crippen molar-refractivity contribution in [3.63, 3.8) is 0 Å². The van der Waals surface area contributed by atoms with Crippen molar-refractivity contribution in [2.75, 3.05) is 51.8 Å². The van der Waals surface area contributed by atoms with E-state index < -0.39 is 0 Å². The summed E-state index contributed by atoms with van der Waals surface area (Å²) in [4.78, 5) is 9.55. The van der Waals surface area contributed by atoms with E-state index in [2.05, 4.69) is 38.3 Å². The largest absolute Gasteiger partial charge is 0.497 e. The van der Waals surface area contributed by atoms with Crippen LogP contribution in [0.4, 0.5) is 5.69 Å². The molecule has 1 N–H and O–H groups in total. The van der Waals surface area contributed by atoms with Crippen molar-refractivity contribution < 1.29 is 9.47 Å². The summed E-state index contributed by atoms with van der Waals surface area (Å²) in [6.07, 6.45) is 7.01. The average molecular weight is 526 g/mol. The second kappa shape index (κ2) is 9.10. The van der Waals surface area contributed by atoms with Gasteiger partial charge in [0.25, 0.3) is 0 Å². The molecule has 2 saturated carbocycles. The van der Waals surface area contributed by atoms with Crippen molar-refractivity contribution in [2.45, 2.75) is 44.2 Å². The van der Waals surface area contributed by atoms with E-state index in [1.165, 1.54) is 37.8 Å². The Morgan fingerprint density at radius 2 is 1.97 bits per heavy atom. The van der Waals surface area contributed by atoms with E-state index in [-0.39, 0.29) is 24.0 Å². The van der Waals surface area contributed by atoms with Crippen LogP contribution in [0.3, 0.4) is 0 Å². The number of rotatable bonds is 3. The molecule has 2 aliphatic heterocycles. The number of guanidine groups is 1. The molecule has 0 aromatic heterocycles. The minimum atomic E-state index is 0. The van der Waals surface area contributed by atoms with Crippen LogP contribution in [0.5, 0.6) is 5.75 Å². The van der Waals surface area contributed by atoms with E-state index in [1.807, 2.05) is 13.1 Å². The summed E-state index contributed by atoms with van der Waals surface area (Å²) in [6, 6.07) is 8.90. The zero-order valence-electron chi connectivity index (χ0n) is 18.2. The molecule has 5 rings (SSSR count). The standard InChI is InChI=1S/C23H34N4O2.HI/c1-24-22(25-20-19-8-15-29-21(19)23(20)9-3-4-10-23)27-13-11-26(12-14-27)17-6-5-7-18(16-17)28-2;/h5-7,16,19-21H,3-4,8-15H2,1-2H3,(H,24,25);1H. The number of fused-ring (bicyclic) bond motifs is 2. The van der Waals surface area contributed by atoms with E-state index in [1.54, 1.807) is 7.11 Å². The Kier molecular flexibility index (Phi) is 6.67. The molecule has 30 heavy (non-hydrogen) atoms. The molecule has 2 saturated heterocycles. The molecular weight excluding hydrogens is 491 g/mol. The second-order valence-corrected chi connectivity index (χ2v) is 9.03. The van der Waals surface area contributed by atoms with Gasteiger partial charge in [0.1, 0.15) is 5.75 Å². The van der Waals surface area contributed by atoms with E-state index >= 15 is 0 Å². The minimum Gasteiger partial charge on any atom is -0.497 e. The molecule has 1 spiro atoms. The van der Waals surface area contributed by atoms with Gasteiger partial charge in [-0.1, -0.05) is 18.9 Å². The topological polar surface area (TPSA) is 49.3 Å². The molecule has 7 heteroatoms. The molecule has 4 fully saturated rings. The molecule has 6 nitrogen and oxygen atoms in total. The molecule has 3 atom stereocenters. The third-order valence-corrected chi connectivity index (χ3v) is 7.78. The second-order valence-electron chi connectivity index (χ2n) is 9.03. The summed E-state index contributed by atoms with van der Waals surface area (Å²) in [5.74, 6) is 2.67. The van der Waals surface area contributed by atoms with Gasteiger partial charge in [0.05, 0.1) is 13.2 Å². The first kappa shape index (κ1) is 22.0. The highest BCUT2D eigenvalue weighted by Crippen LogP contribution is 2.60. The summed E-state index contributed by atoms with van der Waals surface area (Å²) >= 11 is 0. The van der Waals surface area contributed by atoms with Crippen molar-refractivity contribution in [2.24, 2.45) is 16.3 Å². The van der Waals surface area contributed by atoms with Gasteiger partial charge >= 0.3 is 0 Å². The number of halogens is 1. The average Bonchev–Trinajstić information content (AvgIpc) is 3.44. The van der Waals surface area contributed by atoms with Gasteiger partial charge in [0.2, 0.25) is 0 Å². The number of nitrogens with one attached hydrogen (secondary N) is 1. The smallest absolute Gasteiger partial charge is 0.194 e. The highest BCUT2D eigenvalue weighted by molar-refractivity contribution is 14.0. The zero-order chi connectivity index (χ0) is 19.8. The maximum atomic E-state index is 6.15. The summed E-state index contributed by atoms with van der Waals surface area (Å²) in [7, 11) is 3.66. The zero-order valence-corrected chi connectivity index (χ0v) is 20.5. The van der Waals surface area contributed by atoms with E-state index in [4.69, 9.17) is 9.47 Å². The molecule has 1 aromatic rings. The van der Waals surface area contributed by atoms with Crippen molar-refractivity contribution in [1.82, 2.24) is 10.2 Å². The Hall–Kier alpha value is -1.22. The first-order valence-corrected chi connectivity index (χ1v) is 11.2. The Bertz CT molecular complexity index is 759.